The molecule has 1 heterocycles. The zero-order valence-corrected chi connectivity index (χ0v) is 10.8. The number of nitrogens with zero attached hydrogens (tertiary/aromatic N) is 1. The highest BCUT2D eigenvalue weighted by molar-refractivity contribution is 5.55. The average Bonchev–Trinajstić information content (AvgIpc) is 3.23. The van der Waals surface area contributed by atoms with Gasteiger partial charge in [-0.1, -0.05) is 24.3 Å². The van der Waals surface area contributed by atoms with Crippen molar-refractivity contribution in [3.63, 3.8) is 0 Å². The second-order valence-corrected chi connectivity index (χ2v) is 4.92. The number of H-pyrrole nitrogens is 1. The molecule has 1 aromatic heterocycles. The fourth-order valence-corrected chi connectivity index (χ4v) is 2.13. The van der Waals surface area contributed by atoms with Gasteiger partial charge in [-0.3, -0.25) is 4.79 Å². The van der Waals surface area contributed by atoms with Gasteiger partial charge in [0.25, 0.3) is 5.56 Å². The van der Waals surface area contributed by atoms with Gasteiger partial charge in [0.15, 0.2) is 0 Å². The lowest BCUT2D eigenvalue weighted by atomic mass is 10.1. The second-order valence-electron chi connectivity index (χ2n) is 4.92. The van der Waals surface area contributed by atoms with Crippen LogP contribution in [0.5, 0.6) is 0 Å². The molecule has 4 heteroatoms. The average molecular weight is 256 g/mol. The first-order valence-corrected chi connectivity index (χ1v) is 6.46. The summed E-state index contributed by atoms with van der Waals surface area (Å²) in [6.07, 6.45) is 2.28. The Morgan fingerprint density at radius 1 is 1.32 bits per heavy atom. The van der Waals surface area contributed by atoms with Crippen LogP contribution in [0.2, 0.25) is 0 Å². The molecule has 1 aliphatic rings. The van der Waals surface area contributed by atoms with E-state index in [1.165, 1.54) is 0 Å². The van der Waals surface area contributed by atoms with E-state index in [4.69, 9.17) is 4.74 Å². The van der Waals surface area contributed by atoms with Gasteiger partial charge >= 0.3 is 0 Å². The van der Waals surface area contributed by atoms with Gasteiger partial charge in [-0.2, -0.15) is 0 Å². The topological polar surface area (TPSA) is 55.0 Å². The van der Waals surface area contributed by atoms with Crippen LogP contribution in [-0.2, 0) is 11.3 Å². The lowest BCUT2D eigenvalue weighted by molar-refractivity contribution is 0.185. The number of nitrogens with one attached hydrogen (secondary N) is 1. The van der Waals surface area contributed by atoms with Gasteiger partial charge in [-0.05, 0) is 18.4 Å². The predicted molar refractivity (Wildman–Crippen MR) is 73.0 cm³/mol. The van der Waals surface area contributed by atoms with Crippen molar-refractivity contribution < 1.29 is 4.74 Å². The highest BCUT2D eigenvalue weighted by Gasteiger charge is 2.25. The summed E-state index contributed by atoms with van der Waals surface area (Å²) in [6.45, 7) is 0.590. The normalized spacial score (nSPS) is 14.6. The Balaban J connectivity index is 1.94. The number of rotatable bonds is 4. The van der Waals surface area contributed by atoms with Crippen molar-refractivity contribution in [2.24, 2.45) is 0 Å². The quantitative estimate of drug-likeness (QED) is 0.914. The number of hydrogen-bond acceptors (Lipinski definition) is 3. The van der Waals surface area contributed by atoms with Crippen molar-refractivity contribution in [2.45, 2.75) is 25.4 Å². The van der Waals surface area contributed by atoms with Crippen molar-refractivity contribution in [3.05, 3.63) is 51.9 Å². The van der Waals surface area contributed by atoms with E-state index >= 15 is 0 Å². The Morgan fingerprint density at radius 3 is 2.68 bits per heavy atom. The summed E-state index contributed by atoms with van der Waals surface area (Å²) in [5.41, 5.74) is 2.87. The van der Waals surface area contributed by atoms with Crippen LogP contribution < -0.4 is 5.56 Å². The summed E-state index contributed by atoms with van der Waals surface area (Å²) >= 11 is 0. The summed E-state index contributed by atoms with van der Waals surface area (Å²) in [5.74, 6) is 1.13. The molecule has 0 aliphatic heterocycles. The van der Waals surface area contributed by atoms with E-state index in [1.54, 1.807) is 13.2 Å². The van der Waals surface area contributed by atoms with Gasteiger partial charge in [0.05, 0.1) is 12.3 Å². The second kappa shape index (κ2) is 4.97. The molecule has 1 N–H and O–H groups in total. The Kier molecular flexibility index (Phi) is 3.17. The van der Waals surface area contributed by atoms with Crippen molar-refractivity contribution >= 4 is 0 Å². The molecule has 0 unspecified atom stereocenters. The molecule has 1 aliphatic carbocycles. The number of methoxy groups -OCH3 is 1. The summed E-state index contributed by atoms with van der Waals surface area (Å²) in [6, 6.07) is 9.51. The molecule has 19 heavy (non-hydrogen) atoms. The summed E-state index contributed by atoms with van der Waals surface area (Å²) < 4.78 is 5.08. The number of benzene rings is 1. The van der Waals surface area contributed by atoms with E-state index in [9.17, 15) is 4.79 Å². The highest BCUT2D eigenvalue weighted by Crippen LogP contribution is 2.38. The van der Waals surface area contributed by atoms with Crippen molar-refractivity contribution in [1.82, 2.24) is 9.97 Å². The van der Waals surface area contributed by atoms with E-state index in [0.717, 1.165) is 29.7 Å². The molecule has 4 nitrogen and oxygen atoms in total. The van der Waals surface area contributed by atoms with Crippen LogP contribution in [0.4, 0.5) is 0 Å². The van der Waals surface area contributed by atoms with Gasteiger partial charge < -0.3 is 9.72 Å². The Hall–Kier alpha value is -1.94. The van der Waals surface area contributed by atoms with Crippen molar-refractivity contribution in [2.75, 3.05) is 7.11 Å². The van der Waals surface area contributed by atoms with E-state index in [0.29, 0.717) is 18.3 Å². The molecule has 1 fully saturated rings. The Bertz CT molecular complexity index is 627. The van der Waals surface area contributed by atoms with Gasteiger partial charge in [0, 0.05) is 24.7 Å². The molecular weight excluding hydrogens is 240 g/mol. The fourth-order valence-electron chi connectivity index (χ4n) is 2.13. The molecule has 3 rings (SSSR count). The first kappa shape index (κ1) is 12.1. The molecule has 98 valence electrons. The minimum absolute atomic E-state index is 0.0760. The zero-order valence-electron chi connectivity index (χ0n) is 10.8. The third-order valence-corrected chi connectivity index (χ3v) is 3.30. The molecule has 0 radical (unpaired) electrons. The minimum atomic E-state index is -0.0760. The van der Waals surface area contributed by atoms with Gasteiger partial charge in [0.2, 0.25) is 0 Å². The Labute approximate surface area is 111 Å². The maximum absolute atomic E-state index is 11.7. The van der Waals surface area contributed by atoms with Crippen LogP contribution >= 0.6 is 0 Å². The van der Waals surface area contributed by atoms with Crippen molar-refractivity contribution in [1.29, 1.82) is 0 Å². The number of ether oxygens (including phenoxy) is 1. The molecule has 0 amide bonds. The van der Waals surface area contributed by atoms with Gasteiger partial charge in [-0.15, -0.1) is 0 Å². The third-order valence-electron chi connectivity index (χ3n) is 3.30. The first-order valence-electron chi connectivity index (χ1n) is 6.46. The van der Waals surface area contributed by atoms with Crippen LogP contribution in [0.25, 0.3) is 11.4 Å². The summed E-state index contributed by atoms with van der Waals surface area (Å²) in [4.78, 5) is 19.0. The molecule has 1 saturated carbocycles. The van der Waals surface area contributed by atoms with Crippen molar-refractivity contribution in [3.8, 4) is 11.4 Å². The van der Waals surface area contributed by atoms with Gasteiger partial charge in [-0.25, -0.2) is 4.98 Å². The zero-order chi connectivity index (χ0) is 13.2. The van der Waals surface area contributed by atoms with E-state index in [1.807, 2.05) is 24.3 Å². The standard InChI is InChI=1S/C15H16N2O2/c1-19-9-10-2-4-12(5-3-10)15-16-13(11-6-7-11)8-14(18)17-15/h2-5,8,11H,6-7,9H2,1H3,(H,16,17,18). The van der Waals surface area contributed by atoms with Crippen LogP contribution in [0, 0.1) is 0 Å². The van der Waals surface area contributed by atoms with Crippen LogP contribution in [0.15, 0.2) is 35.1 Å². The summed E-state index contributed by atoms with van der Waals surface area (Å²) in [5, 5.41) is 0. The highest BCUT2D eigenvalue weighted by atomic mass is 16.5. The maximum atomic E-state index is 11.7. The maximum Gasteiger partial charge on any atom is 0.251 e. The third kappa shape index (κ3) is 2.74. The molecular formula is C15H16N2O2. The van der Waals surface area contributed by atoms with Crippen LogP contribution in [0.3, 0.4) is 0 Å². The minimum Gasteiger partial charge on any atom is -0.380 e. The van der Waals surface area contributed by atoms with E-state index in [-0.39, 0.29) is 5.56 Å². The number of hydrogen-bond donors (Lipinski definition) is 1. The predicted octanol–water partition coefficient (Wildman–Crippen LogP) is 2.46. The molecule has 1 aromatic carbocycles. The lowest BCUT2D eigenvalue weighted by Crippen LogP contribution is -2.09. The van der Waals surface area contributed by atoms with Gasteiger partial charge in [0.1, 0.15) is 5.82 Å². The number of aromatic amines is 1. The summed E-state index contributed by atoms with van der Waals surface area (Å²) in [7, 11) is 1.67. The smallest absolute Gasteiger partial charge is 0.251 e. The fraction of sp³-hybridized carbons (Fsp3) is 0.333. The molecule has 0 saturated heterocycles. The molecule has 0 bridgehead atoms. The van der Waals surface area contributed by atoms with E-state index < -0.39 is 0 Å². The van der Waals surface area contributed by atoms with Crippen LogP contribution in [0.1, 0.15) is 30.0 Å². The lowest BCUT2D eigenvalue weighted by Gasteiger charge is -2.05. The molecule has 2 aromatic rings. The Morgan fingerprint density at radius 2 is 2.05 bits per heavy atom. The largest absolute Gasteiger partial charge is 0.380 e. The van der Waals surface area contributed by atoms with Crippen LogP contribution in [-0.4, -0.2) is 17.1 Å². The van der Waals surface area contributed by atoms with E-state index in [2.05, 4.69) is 9.97 Å². The monoisotopic (exact) mass is 256 g/mol. The SMILES string of the molecule is COCc1ccc(-c2nc(C3CC3)cc(=O)[nH]2)cc1. The molecule has 0 atom stereocenters. The first-order chi connectivity index (χ1) is 9.26. The number of aromatic nitrogens is 2. The molecule has 0 spiro atoms.